The molecule has 0 bridgehead atoms. The number of hydrogen-bond acceptors (Lipinski definition) is 4. The third kappa shape index (κ3) is 3.99. The van der Waals surface area contributed by atoms with Crippen molar-refractivity contribution in [1.29, 1.82) is 0 Å². The molecule has 28 heavy (non-hydrogen) atoms. The molecule has 0 unspecified atom stereocenters. The summed E-state index contributed by atoms with van der Waals surface area (Å²) in [5.41, 5.74) is 1.11. The number of benzene rings is 2. The zero-order valence-electron chi connectivity index (χ0n) is 14.8. The Morgan fingerprint density at radius 1 is 1.00 bits per heavy atom. The summed E-state index contributed by atoms with van der Waals surface area (Å²) in [5.74, 6) is -2.73. The van der Waals surface area contributed by atoms with Crippen LogP contribution < -0.4 is 0 Å². The summed E-state index contributed by atoms with van der Waals surface area (Å²) < 4.78 is 0.835. The Morgan fingerprint density at radius 2 is 1.64 bits per heavy atom. The lowest BCUT2D eigenvalue weighted by Gasteiger charge is -2.25. The number of carbonyl (C=O) groups excluding carboxylic acids is 2. The lowest BCUT2D eigenvalue weighted by Crippen LogP contribution is -2.31. The smallest absolute Gasteiger partial charge is 0.303 e. The molecular weight excluding hydrogens is 426 g/mol. The van der Waals surface area contributed by atoms with E-state index in [0.717, 1.165) is 4.47 Å². The van der Waals surface area contributed by atoms with Crippen molar-refractivity contribution in [1.82, 2.24) is 4.90 Å². The summed E-state index contributed by atoms with van der Waals surface area (Å²) in [6.07, 6.45) is 0.0928. The van der Waals surface area contributed by atoms with Crippen LogP contribution in [0.1, 0.15) is 30.0 Å². The average molecular weight is 444 g/mol. The van der Waals surface area contributed by atoms with Crippen molar-refractivity contribution in [2.24, 2.45) is 0 Å². The van der Waals surface area contributed by atoms with Crippen molar-refractivity contribution in [3.05, 3.63) is 75.8 Å². The predicted molar refractivity (Wildman–Crippen MR) is 106 cm³/mol. The Hall–Kier alpha value is -2.93. The molecule has 2 N–H and O–H groups in total. The highest BCUT2D eigenvalue weighted by Gasteiger charge is 2.45. The van der Waals surface area contributed by atoms with Gasteiger partial charge < -0.3 is 15.1 Å². The summed E-state index contributed by atoms with van der Waals surface area (Å²) in [6, 6.07) is 14.9. The van der Waals surface area contributed by atoms with Crippen molar-refractivity contribution < 1.29 is 24.6 Å². The molecule has 1 fully saturated rings. The average Bonchev–Trinajstić information content (AvgIpc) is 2.93. The number of aliphatic carboxylic acids is 1. The molecule has 3 rings (SSSR count). The van der Waals surface area contributed by atoms with Gasteiger partial charge in [-0.15, -0.1) is 0 Å². The fourth-order valence-corrected chi connectivity index (χ4v) is 3.52. The molecule has 1 heterocycles. The molecular formula is C21H18BrNO5. The van der Waals surface area contributed by atoms with Gasteiger partial charge in [-0.25, -0.2) is 0 Å². The summed E-state index contributed by atoms with van der Waals surface area (Å²) in [7, 11) is 0. The third-order valence-electron chi connectivity index (χ3n) is 4.56. The van der Waals surface area contributed by atoms with Crippen LogP contribution in [-0.4, -0.2) is 39.3 Å². The number of halogens is 1. The van der Waals surface area contributed by atoms with E-state index in [1.54, 1.807) is 54.6 Å². The maximum absolute atomic E-state index is 12.7. The summed E-state index contributed by atoms with van der Waals surface area (Å²) in [4.78, 5) is 37.6. The number of carboxylic acid groups (broad SMARTS) is 1. The Bertz CT molecular complexity index is 937. The van der Waals surface area contributed by atoms with Crippen molar-refractivity contribution in [2.45, 2.75) is 18.9 Å². The highest BCUT2D eigenvalue weighted by Crippen LogP contribution is 2.39. The molecule has 0 spiro atoms. The molecule has 7 heteroatoms. The number of aliphatic hydroxyl groups excluding tert-OH is 1. The fourth-order valence-electron chi connectivity index (χ4n) is 3.25. The van der Waals surface area contributed by atoms with Crippen LogP contribution in [0, 0.1) is 0 Å². The normalized spacial score (nSPS) is 18.5. The van der Waals surface area contributed by atoms with Gasteiger partial charge in [-0.3, -0.25) is 14.4 Å². The Kier molecular flexibility index (Phi) is 5.94. The van der Waals surface area contributed by atoms with Gasteiger partial charge in [0.15, 0.2) is 0 Å². The van der Waals surface area contributed by atoms with Crippen molar-refractivity contribution in [3.8, 4) is 0 Å². The number of amides is 1. The van der Waals surface area contributed by atoms with Gasteiger partial charge in [0.2, 0.25) is 0 Å². The van der Waals surface area contributed by atoms with Crippen LogP contribution in [0.4, 0.5) is 0 Å². The zero-order chi connectivity index (χ0) is 20.3. The minimum absolute atomic E-state index is 0.00819. The Labute approximate surface area is 170 Å². The van der Waals surface area contributed by atoms with Gasteiger partial charge in [-0.05, 0) is 24.1 Å². The second kappa shape index (κ2) is 8.39. The minimum atomic E-state index is -0.971. The summed E-state index contributed by atoms with van der Waals surface area (Å²) >= 11 is 3.36. The van der Waals surface area contributed by atoms with Crippen molar-refractivity contribution in [3.63, 3.8) is 0 Å². The molecule has 144 valence electrons. The molecule has 0 saturated carbocycles. The SMILES string of the molecule is O=C(O)CCCN1C(=O)C(=O)/C(=C(/O)c2ccccc2)[C@H]1c1ccc(Br)cc1. The van der Waals surface area contributed by atoms with Crippen molar-refractivity contribution >= 4 is 39.3 Å². The van der Waals surface area contributed by atoms with Crippen LogP contribution in [0.2, 0.25) is 0 Å². The van der Waals surface area contributed by atoms with Gasteiger partial charge in [0.1, 0.15) is 5.76 Å². The van der Waals surface area contributed by atoms with E-state index in [2.05, 4.69) is 15.9 Å². The number of carboxylic acids is 1. The zero-order valence-corrected chi connectivity index (χ0v) is 16.4. The molecule has 1 amide bonds. The molecule has 1 saturated heterocycles. The van der Waals surface area contributed by atoms with Crippen LogP contribution >= 0.6 is 15.9 Å². The van der Waals surface area contributed by atoms with Crippen LogP contribution in [0.3, 0.4) is 0 Å². The van der Waals surface area contributed by atoms with Gasteiger partial charge >= 0.3 is 5.97 Å². The second-order valence-electron chi connectivity index (χ2n) is 6.41. The number of aliphatic hydroxyl groups is 1. The number of rotatable bonds is 6. The fraction of sp³-hybridized carbons (Fsp3) is 0.190. The molecule has 2 aromatic rings. The second-order valence-corrected chi connectivity index (χ2v) is 7.32. The van der Waals surface area contributed by atoms with E-state index in [-0.39, 0.29) is 30.7 Å². The van der Waals surface area contributed by atoms with E-state index in [4.69, 9.17) is 5.11 Å². The minimum Gasteiger partial charge on any atom is -0.507 e. The molecule has 1 aliphatic heterocycles. The van der Waals surface area contributed by atoms with Gasteiger partial charge in [0.25, 0.3) is 11.7 Å². The maximum Gasteiger partial charge on any atom is 0.303 e. The molecule has 1 atom stereocenters. The first-order valence-corrected chi connectivity index (χ1v) is 9.50. The lowest BCUT2D eigenvalue weighted by atomic mass is 9.95. The van der Waals surface area contributed by atoms with E-state index in [9.17, 15) is 19.5 Å². The quantitative estimate of drug-likeness (QED) is 0.402. The molecule has 0 aliphatic carbocycles. The van der Waals surface area contributed by atoms with E-state index >= 15 is 0 Å². The van der Waals surface area contributed by atoms with E-state index in [1.165, 1.54) is 4.90 Å². The highest BCUT2D eigenvalue weighted by atomic mass is 79.9. The number of likely N-dealkylation sites (tertiary alicyclic amines) is 1. The number of Topliss-reactive ketones (excluding diaryl/α,β-unsaturated/α-hetero) is 1. The van der Waals surface area contributed by atoms with Gasteiger partial charge in [-0.2, -0.15) is 0 Å². The monoisotopic (exact) mass is 443 g/mol. The number of hydrogen-bond donors (Lipinski definition) is 2. The van der Waals surface area contributed by atoms with Crippen molar-refractivity contribution in [2.75, 3.05) is 6.54 Å². The van der Waals surface area contributed by atoms with E-state index in [1.807, 2.05) is 0 Å². The lowest BCUT2D eigenvalue weighted by molar-refractivity contribution is -0.140. The van der Waals surface area contributed by atoms with Crippen LogP contribution in [0.15, 0.2) is 64.6 Å². The molecule has 0 aromatic heterocycles. The summed E-state index contributed by atoms with van der Waals surface area (Å²) in [5, 5.41) is 19.7. The van der Waals surface area contributed by atoms with Gasteiger partial charge in [-0.1, -0.05) is 58.4 Å². The topological polar surface area (TPSA) is 94.9 Å². The standard InChI is InChI=1S/C21H18BrNO5/c22-15-10-8-13(9-11-15)18-17(19(26)14-5-2-1-3-6-14)20(27)21(28)23(18)12-4-7-16(24)25/h1-3,5-6,8-11,18,26H,4,7,12H2,(H,24,25)/b19-17+/t18-/m1/s1. The molecule has 2 aromatic carbocycles. The van der Waals surface area contributed by atoms with Gasteiger partial charge in [0.05, 0.1) is 11.6 Å². The number of nitrogens with zero attached hydrogens (tertiary/aromatic N) is 1. The largest absolute Gasteiger partial charge is 0.507 e. The maximum atomic E-state index is 12.7. The molecule has 6 nitrogen and oxygen atoms in total. The van der Waals surface area contributed by atoms with E-state index in [0.29, 0.717) is 11.1 Å². The third-order valence-corrected chi connectivity index (χ3v) is 5.09. The van der Waals surface area contributed by atoms with Crippen LogP contribution in [-0.2, 0) is 14.4 Å². The predicted octanol–water partition coefficient (Wildman–Crippen LogP) is 3.74. The van der Waals surface area contributed by atoms with Gasteiger partial charge in [0, 0.05) is 23.0 Å². The van der Waals surface area contributed by atoms with Crippen LogP contribution in [0.25, 0.3) is 5.76 Å². The first-order valence-electron chi connectivity index (χ1n) is 8.71. The Balaban J connectivity index is 2.08. The molecule has 0 radical (unpaired) electrons. The Morgan fingerprint density at radius 3 is 2.25 bits per heavy atom. The number of ketones is 1. The summed E-state index contributed by atoms with van der Waals surface area (Å²) in [6.45, 7) is 0.100. The number of carbonyl (C=O) groups is 3. The highest BCUT2D eigenvalue weighted by molar-refractivity contribution is 9.10. The first-order chi connectivity index (χ1) is 13.4. The van der Waals surface area contributed by atoms with Crippen LogP contribution in [0.5, 0.6) is 0 Å². The van der Waals surface area contributed by atoms with E-state index < -0.39 is 23.7 Å². The molecule has 1 aliphatic rings. The first kappa shape index (κ1) is 19.8.